The quantitative estimate of drug-likeness (QED) is 0.860. The minimum absolute atomic E-state index is 0.112. The molecule has 2 rings (SSSR count). The first-order chi connectivity index (χ1) is 7.19. The van der Waals surface area contributed by atoms with Gasteiger partial charge in [0.2, 0.25) is 0 Å². The highest BCUT2D eigenvalue weighted by Gasteiger charge is 2.31. The SMILES string of the molecule is CNC1(CN)CCc2cc(Br)ccc2C1. The number of nitrogens with one attached hydrogen (secondary N) is 1. The van der Waals surface area contributed by atoms with E-state index in [9.17, 15) is 0 Å². The van der Waals surface area contributed by atoms with Gasteiger partial charge in [0.1, 0.15) is 0 Å². The van der Waals surface area contributed by atoms with Crippen molar-refractivity contribution in [3.05, 3.63) is 33.8 Å². The summed E-state index contributed by atoms with van der Waals surface area (Å²) in [5.41, 5.74) is 8.87. The zero-order valence-corrected chi connectivity index (χ0v) is 10.6. The predicted molar refractivity (Wildman–Crippen MR) is 67.0 cm³/mol. The Kier molecular flexibility index (Phi) is 3.14. The number of hydrogen-bond donors (Lipinski definition) is 2. The molecule has 0 radical (unpaired) electrons. The van der Waals surface area contributed by atoms with Crippen molar-refractivity contribution in [3.63, 3.8) is 0 Å². The third-order valence-electron chi connectivity index (χ3n) is 3.49. The van der Waals surface area contributed by atoms with Crippen LogP contribution in [0, 0.1) is 0 Å². The summed E-state index contributed by atoms with van der Waals surface area (Å²) < 4.78 is 1.17. The lowest BCUT2D eigenvalue weighted by molar-refractivity contribution is 0.316. The molecule has 0 aliphatic heterocycles. The van der Waals surface area contributed by atoms with Gasteiger partial charge >= 0.3 is 0 Å². The van der Waals surface area contributed by atoms with Crippen molar-refractivity contribution in [1.29, 1.82) is 0 Å². The van der Waals surface area contributed by atoms with Gasteiger partial charge in [0, 0.05) is 16.6 Å². The molecule has 3 heteroatoms. The molecule has 1 unspecified atom stereocenters. The van der Waals surface area contributed by atoms with Crippen LogP contribution in [0.5, 0.6) is 0 Å². The van der Waals surface area contributed by atoms with E-state index in [1.807, 2.05) is 7.05 Å². The first kappa shape index (κ1) is 11.1. The van der Waals surface area contributed by atoms with Gasteiger partial charge < -0.3 is 11.1 Å². The molecular formula is C12H17BrN2. The van der Waals surface area contributed by atoms with Gasteiger partial charge in [-0.1, -0.05) is 22.0 Å². The van der Waals surface area contributed by atoms with Crippen LogP contribution in [-0.2, 0) is 12.8 Å². The molecule has 0 spiro atoms. The lowest BCUT2D eigenvalue weighted by atomic mass is 9.78. The Labute approximate surface area is 99.4 Å². The van der Waals surface area contributed by atoms with E-state index in [0.717, 1.165) is 19.3 Å². The molecule has 2 nitrogen and oxygen atoms in total. The van der Waals surface area contributed by atoms with Crippen molar-refractivity contribution in [2.45, 2.75) is 24.8 Å². The third kappa shape index (κ3) is 2.10. The minimum Gasteiger partial charge on any atom is -0.329 e. The average Bonchev–Trinajstić information content (AvgIpc) is 2.28. The Hall–Kier alpha value is -0.380. The number of aryl methyl sites for hydroxylation is 1. The molecule has 0 saturated heterocycles. The molecule has 0 heterocycles. The molecule has 1 atom stereocenters. The molecule has 1 aliphatic rings. The second-order valence-electron chi connectivity index (χ2n) is 4.32. The number of benzene rings is 1. The van der Waals surface area contributed by atoms with Crippen molar-refractivity contribution in [3.8, 4) is 0 Å². The van der Waals surface area contributed by atoms with Crippen molar-refractivity contribution in [2.75, 3.05) is 13.6 Å². The van der Waals surface area contributed by atoms with Crippen molar-refractivity contribution >= 4 is 15.9 Å². The van der Waals surface area contributed by atoms with Crippen LogP contribution in [0.1, 0.15) is 17.5 Å². The highest BCUT2D eigenvalue weighted by Crippen LogP contribution is 2.29. The summed E-state index contributed by atoms with van der Waals surface area (Å²) in [6.45, 7) is 0.707. The maximum atomic E-state index is 5.86. The Morgan fingerprint density at radius 2 is 2.27 bits per heavy atom. The highest BCUT2D eigenvalue weighted by atomic mass is 79.9. The fourth-order valence-corrected chi connectivity index (χ4v) is 2.72. The monoisotopic (exact) mass is 268 g/mol. The summed E-state index contributed by atoms with van der Waals surface area (Å²) in [6, 6.07) is 6.55. The van der Waals surface area contributed by atoms with E-state index in [-0.39, 0.29) is 5.54 Å². The fourth-order valence-electron chi connectivity index (χ4n) is 2.32. The van der Waals surface area contributed by atoms with Crippen LogP contribution in [0.15, 0.2) is 22.7 Å². The second-order valence-corrected chi connectivity index (χ2v) is 5.24. The van der Waals surface area contributed by atoms with E-state index in [2.05, 4.69) is 39.4 Å². The fraction of sp³-hybridized carbons (Fsp3) is 0.500. The van der Waals surface area contributed by atoms with E-state index >= 15 is 0 Å². The maximum absolute atomic E-state index is 5.86. The van der Waals surface area contributed by atoms with Crippen LogP contribution >= 0.6 is 15.9 Å². The zero-order chi connectivity index (χ0) is 10.9. The number of halogens is 1. The second kappa shape index (κ2) is 4.24. The summed E-state index contributed by atoms with van der Waals surface area (Å²) >= 11 is 3.51. The van der Waals surface area contributed by atoms with Crippen LogP contribution in [-0.4, -0.2) is 19.1 Å². The van der Waals surface area contributed by atoms with Gasteiger partial charge in [-0.15, -0.1) is 0 Å². The van der Waals surface area contributed by atoms with Crippen molar-refractivity contribution in [2.24, 2.45) is 5.73 Å². The van der Waals surface area contributed by atoms with Gasteiger partial charge in [-0.25, -0.2) is 0 Å². The normalized spacial score (nSPS) is 25.0. The summed E-state index contributed by atoms with van der Waals surface area (Å²) in [6.07, 6.45) is 3.29. The standard InChI is InChI=1S/C12H17BrN2/c1-15-12(8-14)5-4-9-6-11(13)3-2-10(9)7-12/h2-3,6,15H,4-5,7-8,14H2,1H3. The number of hydrogen-bond acceptors (Lipinski definition) is 2. The molecule has 3 N–H and O–H groups in total. The number of likely N-dealkylation sites (N-methyl/N-ethyl adjacent to an activating group) is 1. The van der Waals surface area contributed by atoms with Crippen LogP contribution in [0.3, 0.4) is 0 Å². The molecule has 82 valence electrons. The van der Waals surface area contributed by atoms with Gasteiger partial charge in [0.05, 0.1) is 0 Å². The maximum Gasteiger partial charge on any atom is 0.0345 e. The van der Waals surface area contributed by atoms with Gasteiger partial charge in [0.15, 0.2) is 0 Å². The first-order valence-electron chi connectivity index (χ1n) is 5.35. The lowest BCUT2D eigenvalue weighted by Crippen LogP contribution is -2.53. The minimum atomic E-state index is 0.112. The molecule has 1 aliphatic carbocycles. The van der Waals surface area contributed by atoms with Crippen LogP contribution < -0.4 is 11.1 Å². The number of nitrogens with two attached hydrogens (primary N) is 1. The number of rotatable bonds is 2. The van der Waals surface area contributed by atoms with Crippen LogP contribution in [0.2, 0.25) is 0 Å². The highest BCUT2D eigenvalue weighted by molar-refractivity contribution is 9.10. The topological polar surface area (TPSA) is 38.0 Å². The Balaban J connectivity index is 2.30. The van der Waals surface area contributed by atoms with Crippen molar-refractivity contribution in [1.82, 2.24) is 5.32 Å². The number of fused-ring (bicyclic) bond motifs is 1. The molecule has 0 bridgehead atoms. The third-order valence-corrected chi connectivity index (χ3v) is 3.98. The molecule has 0 fully saturated rings. The summed E-state index contributed by atoms with van der Waals surface area (Å²) in [4.78, 5) is 0. The molecular weight excluding hydrogens is 252 g/mol. The van der Waals surface area contributed by atoms with E-state index in [1.54, 1.807) is 0 Å². The molecule has 0 aromatic heterocycles. The van der Waals surface area contributed by atoms with E-state index in [4.69, 9.17) is 5.73 Å². The van der Waals surface area contributed by atoms with Gasteiger partial charge in [-0.2, -0.15) is 0 Å². The molecule has 0 amide bonds. The van der Waals surface area contributed by atoms with Crippen molar-refractivity contribution < 1.29 is 0 Å². The zero-order valence-electron chi connectivity index (χ0n) is 9.02. The molecule has 15 heavy (non-hydrogen) atoms. The largest absolute Gasteiger partial charge is 0.329 e. The Morgan fingerprint density at radius 3 is 2.93 bits per heavy atom. The van der Waals surface area contributed by atoms with Crippen LogP contribution in [0.4, 0.5) is 0 Å². The van der Waals surface area contributed by atoms with E-state index < -0.39 is 0 Å². The smallest absolute Gasteiger partial charge is 0.0345 e. The van der Waals surface area contributed by atoms with Gasteiger partial charge in [0.25, 0.3) is 0 Å². The van der Waals surface area contributed by atoms with E-state index in [1.165, 1.54) is 15.6 Å². The van der Waals surface area contributed by atoms with Crippen LogP contribution in [0.25, 0.3) is 0 Å². The Bertz CT molecular complexity index is 359. The predicted octanol–water partition coefficient (Wildman–Crippen LogP) is 1.85. The molecule has 1 aromatic carbocycles. The molecule has 0 saturated carbocycles. The molecule has 1 aromatic rings. The summed E-state index contributed by atoms with van der Waals surface area (Å²) in [5.74, 6) is 0. The summed E-state index contributed by atoms with van der Waals surface area (Å²) in [7, 11) is 2.01. The average molecular weight is 269 g/mol. The van der Waals surface area contributed by atoms with E-state index in [0.29, 0.717) is 6.54 Å². The van der Waals surface area contributed by atoms with Gasteiger partial charge in [-0.05, 0) is 49.6 Å². The Morgan fingerprint density at radius 1 is 1.47 bits per heavy atom. The lowest BCUT2D eigenvalue weighted by Gasteiger charge is -2.37. The first-order valence-corrected chi connectivity index (χ1v) is 6.15. The van der Waals surface area contributed by atoms with Gasteiger partial charge in [-0.3, -0.25) is 0 Å². The summed E-state index contributed by atoms with van der Waals surface area (Å²) in [5, 5.41) is 3.39.